The van der Waals surface area contributed by atoms with Crippen LogP contribution in [0, 0.1) is 23.1 Å². The molecule has 0 unspecified atom stereocenters. The average Bonchev–Trinajstić information content (AvgIpc) is 2.49. The molecule has 3 rings (SSSR count). The number of fused-ring (bicyclic) bond motifs is 1. The van der Waals surface area contributed by atoms with Gasteiger partial charge >= 0.3 is 0 Å². The molecule has 0 spiro atoms. The van der Waals surface area contributed by atoms with Crippen LogP contribution < -0.4 is 0 Å². The molecule has 20 heavy (non-hydrogen) atoms. The first-order valence-electron chi connectivity index (χ1n) is 7.70. The molecule has 0 aromatic heterocycles. The van der Waals surface area contributed by atoms with E-state index in [4.69, 9.17) is 5.26 Å². The second-order valence-corrected chi connectivity index (χ2v) is 6.14. The third-order valence-corrected chi connectivity index (χ3v) is 4.91. The van der Waals surface area contributed by atoms with E-state index in [9.17, 15) is 4.39 Å². The standard InChI is InChI=1S/C17H21FN2/c18-16-10-13(11-19)7-8-15(16)12-20-9-3-5-14-4-1-2-6-17(14)20/h7-8,10,14,17H,1-6,9,12H2/t14-,17-/m1/s1. The quantitative estimate of drug-likeness (QED) is 0.817. The minimum atomic E-state index is -0.234. The van der Waals surface area contributed by atoms with Crippen molar-refractivity contribution >= 4 is 0 Å². The number of piperidine rings is 1. The summed E-state index contributed by atoms with van der Waals surface area (Å²) in [6.07, 6.45) is 7.86. The molecular formula is C17H21FN2. The summed E-state index contributed by atoms with van der Waals surface area (Å²) < 4.78 is 14.0. The lowest BCUT2D eigenvalue weighted by molar-refractivity contribution is 0.0539. The molecule has 0 amide bonds. The number of nitriles is 1. The van der Waals surface area contributed by atoms with E-state index < -0.39 is 0 Å². The van der Waals surface area contributed by atoms with E-state index >= 15 is 0 Å². The Labute approximate surface area is 120 Å². The Kier molecular flexibility index (Phi) is 4.03. The predicted molar refractivity (Wildman–Crippen MR) is 76.5 cm³/mol. The first kappa shape index (κ1) is 13.6. The summed E-state index contributed by atoms with van der Waals surface area (Å²) in [5.41, 5.74) is 1.13. The van der Waals surface area contributed by atoms with Crippen molar-refractivity contribution in [1.29, 1.82) is 5.26 Å². The van der Waals surface area contributed by atoms with Crippen molar-refractivity contribution in [3.05, 3.63) is 35.1 Å². The van der Waals surface area contributed by atoms with Gasteiger partial charge < -0.3 is 0 Å². The molecule has 1 aromatic rings. The minimum absolute atomic E-state index is 0.234. The minimum Gasteiger partial charge on any atom is -0.296 e. The van der Waals surface area contributed by atoms with Crippen LogP contribution in [0.25, 0.3) is 0 Å². The van der Waals surface area contributed by atoms with Crippen LogP contribution in [0.2, 0.25) is 0 Å². The van der Waals surface area contributed by atoms with Crippen LogP contribution in [0.3, 0.4) is 0 Å². The predicted octanol–water partition coefficient (Wildman–Crippen LogP) is 3.85. The highest BCUT2D eigenvalue weighted by atomic mass is 19.1. The Hall–Kier alpha value is -1.40. The molecule has 1 aliphatic carbocycles. The van der Waals surface area contributed by atoms with Crippen LogP contribution in [-0.4, -0.2) is 17.5 Å². The van der Waals surface area contributed by atoms with Crippen molar-refractivity contribution < 1.29 is 4.39 Å². The summed E-state index contributed by atoms with van der Waals surface area (Å²) in [6.45, 7) is 1.78. The smallest absolute Gasteiger partial charge is 0.129 e. The third kappa shape index (κ3) is 2.71. The Morgan fingerprint density at radius 2 is 2.00 bits per heavy atom. The number of hydrogen-bond donors (Lipinski definition) is 0. The molecule has 0 N–H and O–H groups in total. The van der Waals surface area contributed by atoms with Crippen LogP contribution >= 0.6 is 0 Å². The zero-order chi connectivity index (χ0) is 13.9. The number of halogens is 1. The Bertz CT molecular complexity index is 518. The van der Waals surface area contributed by atoms with Crippen molar-refractivity contribution in [3.8, 4) is 6.07 Å². The summed E-state index contributed by atoms with van der Waals surface area (Å²) in [4.78, 5) is 2.47. The molecule has 2 fully saturated rings. The van der Waals surface area contributed by atoms with E-state index in [1.54, 1.807) is 12.1 Å². The molecule has 0 radical (unpaired) electrons. The molecular weight excluding hydrogens is 251 g/mol. The average molecular weight is 272 g/mol. The van der Waals surface area contributed by atoms with E-state index in [1.807, 2.05) is 6.07 Å². The fraction of sp³-hybridized carbons (Fsp3) is 0.588. The zero-order valence-electron chi connectivity index (χ0n) is 11.8. The maximum atomic E-state index is 14.0. The molecule has 1 heterocycles. The van der Waals surface area contributed by atoms with Gasteiger partial charge in [0, 0.05) is 18.2 Å². The van der Waals surface area contributed by atoms with Crippen LogP contribution in [0.15, 0.2) is 18.2 Å². The fourth-order valence-electron chi connectivity index (χ4n) is 3.89. The maximum Gasteiger partial charge on any atom is 0.129 e. The van der Waals surface area contributed by atoms with Gasteiger partial charge in [-0.2, -0.15) is 5.26 Å². The van der Waals surface area contributed by atoms with Crippen molar-refractivity contribution in [1.82, 2.24) is 4.90 Å². The van der Waals surface area contributed by atoms with Gasteiger partial charge in [0.1, 0.15) is 5.82 Å². The van der Waals surface area contributed by atoms with Crippen LogP contribution in [-0.2, 0) is 6.54 Å². The van der Waals surface area contributed by atoms with E-state index in [0.29, 0.717) is 18.2 Å². The van der Waals surface area contributed by atoms with Gasteiger partial charge in [-0.05, 0) is 50.3 Å². The van der Waals surface area contributed by atoms with Gasteiger partial charge in [-0.25, -0.2) is 4.39 Å². The Morgan fingerprint density at radius 1 is 1.20 bits per heavy atom. The molecule has 2 aliphatic rings. The molecule has 1 aliphatic heterocycles. The highest BCUT2D eigenvalue weighted by Crippen LogP contribution is 2.36. The molecule has 0 bridgehead atoms. The monoisotopic (exact) mass is 272 g/mol. The number of rotatable bonds is 2. The van der Waals surface area contributed by atoms with E-state index in [2.05, 4.69) is 4.90 Å². The Morgan fingerprint density at radius 3 is 2.80 bits per heavy atom. The van der Waals surface area contributed by atoms with Gasteiger partial charge in [0.25, 0.3) is 0 Å². The number of benzene rings is 1. The van der Waals surface area contributed by atoms with E-state index in [-0.39, 0.29) is 5.82 Å². The summed E-state index contributed by atoms with van der Waals surface area (Å²) in [5, 5.41) is 8.80. The number of likely N-dealkylation sites (tertiary alicyclic amines) is 1. The van der Waals surface area contributed by atoms with Gasteiger partial charge in [0.2, 0.25) is 0 Å². The van der Waals surface area contributed by atoms with Crippen molar-refractivity contribution in [3.63, 3.8) is 0 Å². The fourth-order valence-corrected chi connectivity index (χ4v) is 3.89. The molecule has 106 valence electrons. The topological polar surface area (TPSA) is 27.0 Å². The third-order valence-electron chi connectivity index (χ3n) is 4.91. The van der Waals surface area contributed by atoms with Crippen molar-refractivity contribution in [2.75, 3.05) is 6.54 Å². The molecule has 2 nitrogen and oxygen atoms in total. The second kappa shape index (κ2) is 5.93. The lowest BCUT2D eigenvalue weighted by Crippen LogP contribution is -2.46. The van der Waals surface area contributed by atoms with Crippen LogP contribution in [0.4, 0.5) is 4.39 Å². The summed E-state index contributed by atoms with van der Waals surface area (Å²) in [5.74, 6) is 0.584. The molecule has 2 atom stereocenters. The van der Waals surface area contributed by atoms with Gasteiger partial charge in [0.15, 0.2) is 0 Å². The van der Waals surface area contributed by atoms with Crippen molar-refractivity contribution in [2.24, 2.45) is 5.92 Å². The first-order chi connectivity index (χ1) is 9.78. The number of nitrogens with zero attached hydrogens (tertiary/aromatic N) is 2. The van der Waals surface area contributed by atoms with Gasteiger partial charge in [0.05, 0.1) is 11.6 Å². The van der Waals surface area contributed by atoms with Gasteiger partial charge in [-0.15, -0.1) is 0 Å². The lowest BCUT2D eigenvalue weighted by atomic mass is 9.78. The Balaban J connectivity index is 1.74. The zero-order valence-corrected chi connectivity index (χ0v) is 11.8. The molecule has 1 saturated heterocycles. The molecule has 1 saturated carbocycles. The normalized spacial score (nSPS) is 26.8. The summed E-state index contributed by atoms with van der Waals surface area (Å²) in [6, 6.07) is 7.50. The summed E-state index contributed by atoms with van der Waals surface area (Å²) in [7, 11) is 0. The van der Waals surface area contributed by atoms with E-state index in [0.717, 1.165) is 18.0 Å². The van der Waals surface area contributed by atoms with Gasteiger partial charge in [-0.3, -0.25) is 4.90 Å². The van der Waals surface area contributed by atoms with Crippen LogP contribution in [0.1, 0.15) is 49.7 Å². The highest BCUT2D eigenvalue weighted by Gasteiger charge is 2.33. The SMILES string of the molecule is N#Cc1ccc(CN2CCC[C@H]3CCCC[C@H]32)c(F)c1. The first-order valence-corrected chi connectivity index (χ1v) is 7.70. The largest absolute Gasteiger partial charge is 0.296 e. The lowest BCUT2D eigenvalue weighted by Gasteiger charge is -2.44. The van der Waals surface area contributed by atoms with Crippen molar-refractivity contribution in [2.45, 2.75) is 51.1 Å². The second-order valence-electron chi connectivity index (χ2n) is 6.14. The molecule has 3 heteroatoms. The summed E-state index contributed by atoms with van der Waals surface area (Å²) >= 11 is 0. The van der Waals surface area contributed by atoms with Gasteiger partial charge in [-0.1, -0.05) is 18.9 Å². The number of hydrogen-bond acceptors (Lipinski definition) is 2. The van der Waals surface area contributed by atoms with E-state index in [1.165, 1.54) is 44.6 Å². The maximum absolute atomic E-state index is 14.0. The van der Waals surface area contributed by atoms with Crippen LogP contribution in [0.5, 0.6) is 0 Å². The molecule has 1 aromatic carbocycles. The highest BCUT2D eigenvalue weighted by molar-refractivity contribution is 5.32.